The first-order valence-electron chi connectivity index (χ1n) is 7.74. The van der Waals surface area contributed by atoms with Gasteiger partial charge in [0, 0.05) is 19.0 Å². The summed E-state index contributed by atoms with van der Waals surface area (Å²) in [5.41, 5.74) is 0.444. The molecule has 1 aromatic carbocycles. The van der Waals surface area contributed by atoms with Crippen LogP contribution in [0.25, 0.3) is 0 Å². The van der Waals surface area contributed by atoms with E-state index in [0.29, 0.717) is 36.3 Å². The van der Waals surface area contributed by atoms with Crippen LogP contribution in [0.5, 0.6) is 0 Å². The molecule has 0 saturated carbocycles. The molecule has 0 aliphatic carbocycles. The largest absolute Gasteiger partial charge is 0.432 e. The summed E-state index contributed by atoms with van der Waals surface area (Å²) in [4.78, 5) is 8.14. The average molecular weight is 345 g/mol. The highest BCUT2D eigenvalue weighted by atomic mass is 19.4. The minimum Gasteiger partial charge on any atom is -0.369 e. The summed E-state index contributed by atoms with van der Waals surface area (Å²) < 4.78 is 38.3. The highest BCUT2D eigenvalue weighted by molar-refractivity contribution is 5.68. The van der Waals surface area contributed by atoms with Gasteiger partial charge in [0.15, 0.2) is 0 Å². The van der Waals surface area contributed by atoms with E-state index in [4.69, 9.17) is 0 Å². The van der Waals surface area contributed by atoms with E-state index < -0.39 is 11.9 Å². The van der Waals surface area contributed by atoms with Gasteiger partial charge in [-0.1, -0.05) is 6.07 Å². The van der Waals surface area contributed by atoms with Crippen LogP contribution in [0, 0.1) is 22.7 Å². The van der Waals surface area contributed by atoms with Crippen molar-refractivity contribution in [3.8, 4) is 12.1 Å². The highest BCUT2D eigenvalue weighted by Crippen LogP contribution is 2.34. The number of hydrogen-bond donors (Lipinski definition) is 1. The van der Waals surface area contributed by atoms with E-state index in [0.717, 1.165) is 12.6 Å². The summed E-state index contributed by atoms with van der Waals surface area (Å²) in [5.74, 6) is 0.0631. The van der Waals surface area contributed by atoms with Gasteiger partial charge in [-0.15, -0.1) is 0 Å². The van der Waals surface area contributed by atoms with Crippen LogP contribution in [0.2, 0.25) is 0 Å². The van der Waals surface area contributed by atoms with Crippen molar-refractivity contribution >= 4 is 5.69 Å². The van der Waals surface area contributed by atoms with Gasteiger partial charge in [-0.2, -0.15) is 23.7 Å². The molecule has 0 radical (unpaired) electrons. The van der Waals surface area contributed by atoms with Gasteiger partial charge in [-0.05, 0) is 25.0 Å². The second-order valence-corrected chi connectivity index (χ2v) is 5.89. The maximum absolute atomic E-state index is 12.8. The van der Waals surface area contributed by atoms with E-state index in [9.17, 15) is 23.7 Å². The number of aromatic nitrogens is 2. The van der Waals surface area contributed by atoms with E-state index in [1.54, 1.807) is 18.2 Å². The molecule has 2 heterocycles. The Hall–Kier alpha value is -3.00. The lowest BCUT2D eigenvalue weighted by Gasteiger charge is -2.34. The van der Waals surface area contributed by atoms with E-state index in [1.807, 2.05) is 4.90 Å². The van der Waals surface area contributed by atoms with Crippen molar-refractivity contribution in [1.29, 1.82) is 10.5 Å². The molecular formula is C17H14F3N5. The minimum absolute atomic E-state index is 0.219. The van der Waals surface area contributed by atoms with Crippen LogP contribution in [0.4, 0.5) is 18.9 Å². The monoisotopic (exact) mass is 345 g/mol. The van der Waals surface area contributed by atoms with Gasteiger partial charge in [-0.3, -0.25) is 0 Å². The molecule has 1 N–H and O–H groups in total. The number of piperidine rings is 1. The predicted molar refractivity (Wildman–Crippen MR) is 83.6 cm³/mol. The summed E-state index contributed by atoms with van der Waals surface area (Å²) in [5, 5.41) is 18.6. The number of imidazole rings is 1. The van der Waals surface area contributed by atoms with Gasteiger partial charge in [0.05, 0.1) is 23.0 Å². The Balaban J connectivity index is 1.89. The zero-order valence-corrected chi connectivity index (χ0v) is 13.1. The summed E-state index contributed by atoms with van der Waals surface area (Å²) in [7, 11) is 0. The molecule has 8 heteroatoms. The third kappa shape index (κ3) is 3.29. The molecule has 3 rings (SSSR count). The number of para-hydroxylation sites is 1. The van der Waals surface area contributed by atoms with Gasteiger partial charge in [0.1, 0.15) is 23.7 Å². The molecule has 1 atom stereocenters. The van der Waals surface area contributed by atoms with Crippen molar-refractivity contribution in [1.82, 2.24) is 9.97 Å². The molecule has 1 fully saturated rings. The molecule has 25 heavy (non-hydrogen) atoms. The Labute approximate surface area is 142 Å². The number of aromatic amines is 1. The van der Waals surface area contributed by atoms with E-state index in [2.05, 4.69) is 22.1 Å². The number of nitrogens with zero attached hydrogens (tertiary/aromatic N) is 4. The molecule has 128 valence electrons. The second kappa shape index (κ2) is 6.48. The lowest BCUT2D eigenvalue weighted by molar-refractivity contribution is -0.141. The molecule has 1 unspecified atom stereocenters. The Morgan fingerprint density at radius 1 is 1.20 bits per heavy atom. The zero-order chi connectivity index (χ0) is 18.0. The maximum atomic E-state index is 12.8. The summed E-state index contributed by atoms with van der Waals surface area (Å²) in [6.07, 6.45) is -2.23. The Morgan fingerprint density at radius 2 is 1.88 bits per heavy atom. The van der Waals surface area contributed by atoms with E-state index >= 15 is 0 Å². The van der Waals surface area contributed by atoms with Crippen molar-refractivity contribution < 1.29 is 13.2 Å². The van der Waals surface area contributed by atoms with E-state index in [1.165, 1.54) is 0 Å². The SMILES string of the molecule is N#Cc1cccc(C#N)c1N1CCCC(c2ncc(C(F)(F)F)[nH]2)C1. The Morgan fingerprint density at radius 3 is 2.44 bits per heavy atom. The van der Waals surface area contributed by atoms with Crippen LogP contribution >= 0.6 is 0 Å². The van der Waals surface area contributed by atoms with Crippen LogP contribution in [-0.4, -0.2) is 23.1 Å². The molecular weight excluding hydrogens is 331 g/mol. The van der Waals surface area contributed by atoms with Crippen LogP contribution in [0.1, 0.15) is 41.4 Å². The number of nitriles is 2. The first kappa shape index (κ1) is 16.8. The van der Waals surface area contributed by atoms with Crippen LogP contribution < -0.4 is 4.90 Å². The van der Waals surface area contributed by atoms with Crippen molar-refractivity contribution in [3.63, 3.8) is 0 Å². The fourth-order valence-electron chi connectivity index (χ4n) is 3.16. The first-order valence-corrected chi connectivity index (χ1v) is 7.74. The van der Waals surface area contributed by atoms with Crippen molar-refractivity contribution in [2.75, 3.05) is 18.0 Å². The fraction of sp³-hybridized carbons (Fsp3) is 0.353. The number of nitrogens with one attached hydrogen (secondary N) is 1. The number of rotatable bonds is 2. The van der Waals surface area contributed by atoms with Crippen LogP contribution in [0.3, 0.4) is 0 Å². The number of benzene rings is 1. The molecule has 1 saturated heterocycles. The number of H-pyrrole nitrogens is 1. The highest BCUT2D eigenvalue weighted by Gasteiger charge is 2.34. The fourth-order valence-corrected chi connectivity index (χ4v) is 3.16. The van der Waals surface area contributed by atoms with Gasteiger partial charge >= 0.3 is 6.18 Å². The third-order valence-electron chi connectivity index (χ3n) is 4.30. The first-order chi connectivity index (χ1) is 11.9. The molecule has 0 amide bonds. The molecule has 0 bridgehead atoms. The lowest BCUT2D eigenvalue weighted by Crippen LogP contribution is -2.35. The van der Waals surface area contributed by atoms with Crippen molar-refractivity contribution in [2.24, 2.45) is 0 Å². The van der Waals surface area contributed by atoms with E-state index in [-0.39, 0.29) is 11.7 Å². The minimum atomic E-state index is -4.46. The van der Waals surface area contributed by atoms with Crippen LogP contribution in [-0.2, 0) is 6.18 Å². The number of anilines is 1. The molecule has 1 aliphatic heterocycles. The molecule has 1 aromatic heterocycles. The molecule has 2 aromatic rings. The summed E-state index contributed by atoms with van der Waals surface area (Å²) in [6, 6.07) is 9.07. The maximum Gasteiger partial charge on any atom is 0.432 e. The van der Waals surface area contributed by atoms with Crippen LogP contribution in [0.15, 0.2) is 24.4 Å². The van der Waals surface area contributed by atoms with Crippen molar-refractivity contribution in [3.05, 3.63) is 47.0 Å². The average Bonchev–Trinajstić information content (AvgIpc) is 3.11. The molecule has 1 aliphatic rings. The Kier molecular flexibility index (Phi) is 4.37. The number of halogens is 3. The predicted octanol–water partition coefficient (Wildman–Crippen LogP) is 3.56. The smallest absolute Gasteiger partial charge is 0.369 e. The standard InChI is InChI=1S/C17H14F3N5/c18-17(19,20)14-9-23-16(24-14)13-5-2-6-25(10-13)15-11(7-21)3-1-4-12(15)8-22/h1,3-4,9,13H,2,5-6,10H2,(H,23,24). The van der Waals surface area contributed by atoms with Gasteiger partial charge in [0.25, 0.3) is 0 Å². The summed E-state index contributed by atoms with van der Waals surface area (Å²) >= 11 is 0. The third-order valence-corrected chi connectivity index (χ3v) is 4.30. The normalized spacial score (nSPS) is 17.8. The number of hydrogen-bond acceptors (Lipinski definition) is 4. The Bertz CT molecular complexity index is 824. The van der Waals surface area contributed by atoms with Gasteiger partial charge < -0.3 is 9.88 Å². The summed E-state index contributed by atoms with van der Waals surface area (Å²) in [6.45, 7) is 1.04. The quantitative estimate of drug-likeness (QED) is 0.902. The molecule has 0 spiro atoms. The number of alkyl halides is 3. The zero-order valence-electron chi connectivity index (χ0n) is 13.1. The molecule has 5 nitrogen and oxygen atoms in total. The lowest BCUT2D eigenvalue weighted by atomic mass is 9.95. The van der Waals surface area contributed by atoms with Gasteiger partial charge in [0.2, 0.25) is 0 Å². The van der Waals surface area contributed by atoms with Gasteiger partial charge in [-0.25, -0.2) is 4.98 Å². The second-order valence-electron chi connectivity index (χ2n) is 5.89. The van der Waals surface area contributed by atoms with Crippen molar-refractivity contribution in [2.45, 2.75) is 24.9 Å². The topological polar surface area (TPSA) is 79.5 Å².